The van der Waals surface area contributed by atoms with Crippen LogP contribution in [0.2, 0.25) is 0 Å². The van der Waals surface area contributed by atoms with E-state index in [2.05, 4.69) is 31.2 Å². The summed E-state index contributed by atoms with van der Waals surface area (Å²) in [5.41, 5.74) is 3.73. The molecule has 1 aliphatic rings. The number of carbonyl (C=O) groups excluding carboxylic acids is 1. The number of hydrogen-bond donors (Lipinski definition) is 2. The summed E-state index contributed by atoms with van der Waals surface area (Å²) in [6, 6.07) is 23.2. The quantitative estimate of drug-likeness (QED) is 0.269. The van der Waals surface area contributed by atoms with Gasteiger partial charge in [0.1, 0.15) is 17.5 Å². The summed E-state index contributed by atoms with van der Waals surface area (Å²) in [4.78, 5) is 19.4. The molecule has 206 valence electrons. The Morgan fingerprint density at radius 2 is 1.80 bits per heavy atom. The van der Waals surface area contributed by atoms with Crippen LogP contribution in [0.5, 0.6) is 11.5 Å². The van der Waals surface area contributed by atoms with Gasteiger partial charge in [0.15, 0.2) is 5.11 Å². The number of pyridine rings is 1. The summed E-state index contributed by atoms with van der Waals surface area (Å²) in [5.74, 6) is 1.22. The van der Waals surface area contributed by atoms with Gasteiger partial charge in [-0.1, -0.05) is 32.9 Å². The molecule has 0 radical (unpaired) electrons. The van der Waals surface area contributed by atoms with Crippen molar-refractivity contribution in [3.05, 3.63) is 96.6 Å². The fourth-order valence-corrected chi connectivity index (χ4v) is 5.15. The number of anilines is 2. The Bertz CT molecular complexity index is 1530. The number of nitrogens with one attached hydrogen (secondary N) is 2. The first-order chi connectivity index (χ1) is 19.2. The lowest BCUT2D eigenvalue weighted by Gasteiger charge is -2.29. The van der Waals surface area contributed by atoms with E-state index in [9.17, 15) is 4.79 Å². The molecular formula is C31H33N5O3S. The van der Waals surface area contributed by atoms with Gasteiger partial charge in [-0.2, -0.15) is 0 Å². The number of hydrogen-bond acceptors (Lipinski definition) is 5. The van der Waals surface area contributed by atoms with Crippen molar-refractivity contribution in [1.29, 1.82) is 0 Å². The molecule has 3 heterocycles. The molecule has 1 fully saturated rings. The zero-order valence-corrected chi connectivity index (χ0v) is 24.0. The first kappa shape index (κ1) is 27.2. The molecule has 1 aliphatic heterocycles. The van der Waals surface area contributed by atoms with Crippen molar-refractivity contribution in [2.45, 2.75) is 32.9 Å². The van der Waals surface area contributed by atoms with E-state index in [-0.39, 0.29) is 18.0 Å². The Balaban J connectivity index is 1.61. The Labute approximate surface area is 239 Å². The van der Waals surface area contributed by atoms with E-state index >= 15 is 0 Å². The van der Waals surface area contributed by atoms with Gasteiger partial charge in [0.25, 0.3) is 0 Å². The zero-order chi connectivity index (χ0) is 28.4. The molecule has 5 rings (SSSR count). The monoisotopic (exact) mass is 555 g/mol. The van der Waals surface area contributed by atoms with Crippen LogP contribution in [0.4, 0.5) is 11.4 Å². The van der Waals surface area contributed by atoms with Crippen molar-refractivity contribution in [3.8, 4) is 17.2 Å². The molecule has 1 saturated heterocycles. The van der Waals surface area contributed by atoms with E-state index < -0.39 is 5.41 Å². The average molecular weight is 556 g/mol. The molecule has 2 aromatic heterocycles. The van der Waals surface area contributed by atoms with Crippen LogP contribution in [-0.2, 0) is 4.79 Å². The largest absolute Gasteiger partial charge is 0.497 e. The van der Waals surface area contributed by atoms with E-state index in [1.54, 1.807) is 20.4 Å². The molecule has 4 aromatic rings. The Morgan fingerprint density at radius 3 is 2.50 bits per heavy atom. The van der Waals surface area contributed by atoms with Gasteiger partial charge in [-0.15, -0.1) is 0 Å². The van der Waals surface area contributed by atoms with Gasteiger partial charge in [-0.25, -0.2) is 0 Å². The number of thiocarbonyl (C=S) groups is 1. The number of amides is 1. The lowest BCUT2D eigenvalue weighted by molar-refractivity contribution is -0.123. The minimum absolute atomic E-state index is 0.0962. The van der Waals surface area contributed by atoms with Crippen LogP contribution in [0.15, 0.2) is 85.2 Å². The number of ether oxygens (including phenoxy) is 2. The number of benzene rings is 2. The van der Waals surface area contributed by atoms with Gasteiger partial charge in [-0.05, 0) is 60.7 Å². The Morgan fingerprint density at radius 1 is 0.975 bits per heavy atom. The summed E-state index contributed by atoms with van der Waals surface area (Å²) >= 11 is 5.93. The standard InChI is InChI=1S/C31H33N5O3S/c1-31(2,3)29(37)33-23-15-14-21(19-26(23)39-5)36-28(27(34-30(36)40)24-12-6-7-16-32-24)25-13-9-17-35(25)20-10-8-11-22(18-20)38-4/h6-19,27-28H,1-5H3,(H,33,37)(H,34,40)/t27-,28+/m0/s1. The summed E-state index contributed by atoms with van der Waals surface area (Å²) in [7, 11) is 3.25. The van der Waals surface area contributed by atoms with Crippen molar-refractivity contribution in [2.75, 3.05) is 24.4 Å². The molecule has 1 amide bonds. The molecule has 0 aliphatic carbocycles. The molecule has 2 aromatic carbocycles. The van der Waals surface area contributed by atoms with E-state index in [1.165, 1.54) is 0 Å². The van der Waals surface area contributed by atoms with E-state index in [0.29, 0.717) is 16.5 Å². The Hall–Kier alpha value is -4.37. The highest BCUT2D eigenvalue weighted by atomic mass is 32.1. The fourth-order valence-electron chi connectivity index (χ4n) is 4.81. The highest BCUT2D eigenvalue weighted by Gasteiger charge is 2.42. The van der Waals surface area contributed by atoms with Crippen LogP contribution in [0, 0.1) is 5.41 Å². The first-order valence-electron chi connectivity index (χ1n) is 13.0. The Kier molecular flexibility index (Phi) is 7.49. The molecule has 0 bridgehead atoms. The normalized spacial score (nSPS) is 16.9. The number of carbonyl (C=O) groups is 1. The number of methoxy groups -OCH3 is 2. The van der Waals surface area contributed by atoms with Crippen LogP contribution in [0.3, 0.4) is 0 Å². The molecular weight excluding hydrogens is 522 g/mol. The van der Waals surface area contributed by atoms with Gasteiger partial charge in [0.05, 0.1) is 31.6 Å². The number of aromatic nitrogens is 2. The molecule has 40 heavy (non-hydrogen) atoms. The number of nitrogens with zero attached hydrogens (tertiary/aromatic N) is 3. The van der Waals surface area contributed by atoms with Crippen molar-refractivity contribution < 1.29 is 14.3 Å². The zero-order valence-electron chi connectivity index (χ0n) is 23.2. The molecule has 0 saturated carbocycles. The molecule has 0 spiro atoms. The fraction of sp³-hybridized carbons (Fsp3) is 0.258. The number of rotatable bonds is 7. The van der Waals surface area contributed by atoms with Crippen LogP contribution in [-0.4, -0.2) is 34.8 Å². The van der Waals surface area contributed by atoms with Gasteiger partial charge >= 0.3 is 0 Å². The van der Waals surface area contributed by atoms with Crippen LogP contribution in [0.25, 0.3) is 5.69 Å². The maximum Gasteiger partial charge on any atom is 0.229 e. The second-order valence-corrected chi connectivity index (χ2v) is 11.0. The van der Waals surface area contributed by atoms with Crippen molar-refractivity contribution in [3.63, 3.8) is 0 Å². The summed E-state index contributed by atoms with van der Waals surface area (Å²) in [6.45, 7) is 5.62. The van der Waals surface area contributed by atoms with Gasteiger partial charge in [-0.3, -0.25) is 9.78 Å². The maximum atomic E-state index is 12.7. The van der Waals surface area contributed by atoms with Crippen molar-refractivity contribution in [1.82, 2.24) is 14.9 Å². The third kappa shape index (κ3) is 5.24. The molecule has 2 atom stereocenters. The van der Waals surface area contributed by atoms with Crippen LogP contribution >= 0.6 is 12.2 Å². The first-order valence-corrected chi connectivity index (χ1v) is 13.4. The molecule has 0 unspecified atom stereocenters. The van der Waals surface area contributed by atoms with Crippen LogP contribution in [0.1, 0.15) is 44.2 Å². The summed E-state index contributed by atoms with van der Waals surface area (Å²) in [5, 5.41) is 7.06. The average Bonchev–Trinajstić information content (AvgIpc) is 3.57. The third-order valence-electron chi connectivity index (χ3n) is 6.91. The van der Waals surface area contributed by atoms with Gasteiger partial charge in [0.2, 0.25) is 5.91 Å². The second-order valence-electron chi connectivity index (χ2n) is 10.6. The topological polar surface area (TPSA) is 80.7 Å². The smallest absolute Gasteiger partial charge is 0.229 e. The predicted octanol–water partition coefficient (Wildman–Crippen LogP) is 6.05. The van der Waals surface area contributed by atoms with Crippen molar-refractivity contribution in [2.24, 2.45) is 5.41 Å². The summed E-state index contributed by atoms with van der Waals surface area (Å²) in [6.07, 6.45) is 3.82. The van der Waals surface area contributed by atoms with Crippen LogP contribution < -0.4 is 25.0 Å². The van der Waals surface area contributed by atoms with E-state index in [4.69, 9.17) is 21.7 Å². The molecule has 9 heteroatoms. The van der Waals surface area contributed by atoms with Crippen molar-refractivity contribution >= 4 is 34.6 Å². The lowest BCUT2D eigenvalue weighted by atomic mass is 9.95. The SMILES string of the molecule is COc1cccc(-n2cccc2[C@@H]2[C@H](c3ccccn3)NC(=S)N2c2ccc(NC(=O)C(C)(C)C)c(OC)c2)c1. The minimum atomic E-state index is -0.545. The summed E-state index contributed by atoms with van der Waals surface area (Å²) < 4.78 is 13.3. The molecule has 8 nitrogen and oxygen atoms in total. The van der Waals surface area contributed by atoms with Gasteiger partial charge in [0, 0.05) is 47.0 Å². The highest BCUT2D eigenvalue weighted by Crippen LogP contribution is 2.44. The van der Waals surface area contributed by atoms with E-state index in [1.807, 2.05) is 93.7 Å². The van der Waals surface area contributed by atoms with Gasteiger partial charge < -0.3 is 29.6 Å². The minimum Gasteiger partial charge on any atom is -0.497 e. The second kappa shape index (κ2) is 11.0. The van der Waals surface area contributed by atoms with E-state index in [0.717, 1.165) is 28.5 Å². The molecule has 2 N–H and O–H groups in total. The predicted molar refractivity (Wildman–Crippen MR) is 161 cm³/mol. The third-order valence-corrected chi connectivity index (χ3v) is 7.22. The maximum absolute atomic E-state index is 12.7. The highest BCUT2D eigenvalue weighted by molar-refractivity contribution is 7.80. The lowest BCUT2D eigenvalue weighted by Crippen LogP contribution is -2.30.